The van der Waals surface area contributed by atoms with Crippen LogP contribution in [0.3, 0.4) is 0 Å². The third-order valence-electron chi connectivity index (χ3n) is 12.1. The van der Waals surface area contributed by atoms with Crippen LogP contribution in [0.25, 0.3) is 0 Å². The largest absolute Gasteiger partial charge is 0.497 e. The van der Waals surface area contributed by atoms with E-state index in [-0.39, 0.29) is 48.3 Å². The van der Waals surface area contributed by atoms with Crippen molar-refractivity contribution in [3.63, 3.8) is 0 Å². The summed E-state index contributed by atoms with van der Waals surface area (Å²) in [6, 6.07) is 28.2. The van der Waals surface area contributed by atoms with Crippen molar-refractivity contribution in [2.45, 2.75) is 62.6 Å². The maximum absolute atomic E-state index is 14.8. The monoisotopic (exact) mass is 731 g/mol. The van der Waals surface area contributed by atoms with E-state index in [2.05, 4.69) is 32.2 Å². The van der Waals surface area contributed by atoms with E-state index in [0.29, 0.717) is 46.2 Å². The van der Waals surface area contributed by atoms with Gasteiger partial charge < -0.3 is 29.1 Å². The summed E-state index contributed by atoms with van der Waals surface area (Å²) >= 11 is 0. The van der Waals surface area contributed by atoms with Gasteiger partial charge in [-0.1, -0.05) is 61.6 Å². The fourth-order valence-corrected chi connectivity index (χ4v) is 13.5. The predicted molar refractivity (Wildman–Crippen MR) is 205 cm³/mol. The van der Waals surface area contributed by atoms with Crippen LogP contribution >= 0.6 is 0 Å². The van der Waals surface area contributed by atoms with E-state index in [1.807, 2.05) is 66.7 Å². The summed E-state index contributed by atoms with van der Waals surface area (Å²) in [5.74, 6) is 0.910. The number of likely N-dealkylation sites (tertiary alicyclic amines) is 1. The first-order chi connectivity index (χ1) is 25.5. The minimum atomic E-state index is -2.51. The Morgan fingerprint density at radius 1 is 0.962 bits per heavy atom. The summed E-state index contributed by atoms with van der Waals surface area (Å²) < 4.78 is 18.9. The first kappa shape index (κ1) is 35.1. The third-order valence-corrected chi connectivity index (χ3v) is 16.5. The number of nitrogens with zero attached hydrogens (tertiary/aromatic N) is 3. The first-order valence-corrected chi connectivity index (χ1v) is 21.4. The van der Waals surface area contributed by atoms with Crippen LogP contribution in [-0.2, 0) is 19.9 Å². The molecular formula is C42H45N3O7Si. The van der Waals surface area contributed by atoms with Crippen LogP contribution in [0.1, 0.15) is 42.1 Å². The number of carbonyl (C=O) groups is 3. The number of likely N-dealkylation sites (N-methyl/N-ethyl adjacent to an activating group) is 1. The van der Waals surface area contributed by atoms with Gasteiger partial charge in [-0.25, -0.2) is 0 Å². The van der Waals surface area contributed by atoms with Gasteiger partial charge in [-0.3, -0.25) is 19.3 Å². The van der Waals surface area contributed by atoms with Gasteiger partial charge in [-0.15, -0.1) is 0 Å². The number of benzene rings is 4. The molecular weight excluding hydrogens is 687 g/mol. The molecule has 0 radical (unpaired) electrons. The number of rotatable bonds is 7. The zero-order chi connectivity index (χ0) is 37.2. The van der Waals surface area contributed by atoms with Crippen LogP contribution in [-0.4, -0.2) is 75.3 Å². The molecule has 2 fully saturated rings. The average molecular weight is 732 g/mol. The molecule has 8 rings (SSSR count). The van der Waals surface area contributed by atoms with Crippen LogP contribution in [0.15, 0.2) is 91.0 Å². The molecule has 0 saturated carbocycles. The van der Waals surface area contributed by atoms with Gasteiger partial charge in [0.25, 0.3) is 11.8 Å². The Balaban J connectivity index is 1.26. The standard InChI is InChI=1S/C42H45N3O7Si/c1-26-39(53(4,5)30-19-17-29(50-3)18-20-30)37(24-38(47)44-22-10-11-28(44)25-46)52-42(26)32-23-27(16-21-33(32)43(2)41(42)49)45-34-13-7-9-15-36(34)51-35-14-8-6-12-31(35)40(45)48/h6-9,12-21,23,26,28,37,39,46H,10-11,22,24-25H2,1-5H3/t26-,28-,37+,39-,42+/m0/s1. The fraction of sp³-hybridized carbons (Fsp3) is 0.357. The molecule has 4 aliphatic heterocycles. The molecule has 0 bridgehead atoms. The molecule has 1 spiro atoms. The Labute approximate surface area is 310 Å². The second-order valence-electron chi connectivity index (χ2n) is 15.2. The van der Waals surface area contributed by atoms with Crippen LogP contribution < -0.4 is 24.5 Å². The summed E-state index contributed by atoms with van der Waals surface area (Å²) in [4.78, 5) is 48.4. The fourth-order valence-electron chi connectivity index (χ4n) is 9.45. The topological polar surface area (TPSA) is 109 Å². The molecule has 2 saturated heterocycles. The van der Waals surface area contributed by atoms with Crippen LogP contribution in [0.5, 0.6) is 17.2 Å². The van der Waals surface area contributed by atoms with Crippen LogP contribution in [0.2, 0.25) is 18.6 Å². The number of aliphatic hydroxyl groups is 1. The SMILES string of the molecule is COc1ccc([Si](C)(C)[C@@H]2[C@@H](CC(=O)N3CCC[C@H]3CO)O[C@]3(C(=O)N(C)c4ccc(N5C(=O)c6ccccc6Oc6ccccc65)cc43)[C@H]2C)cc1. The van der Waals surface area contributed by atoms with Crippen molar-refractivity contribution in [3.8, 4) is 17.2 Å². The summed E-state index contributed by atoms with van der Waals surface area (Å²) in [6.07, 6.45) is 1.12. The minimum absolute atomic E-state index is 0.0708. The minimum Gasteiger partial charge on any atom is -0.497 e. The number of methoxy groups -OCH3 is 1. The highest BCUT2D eigenvalue weighted by Crippen LogP contribution is 2.60. The Morgan fingerprint density at radius 3 is 2.42 bits per heavy atom. The van der Waals surface area contributed by atoms with Crippen molar-refractivity contribution >= 4 is 48.0 Å². The number of anilines is 3. The second-order valence-corrected chi connectivity index (χ2v) is 19.9. The van der Waals surface area contributed by atoms with Crippen LogP contribution in [0, 0.1) is 5.92 Å². The highest BCUT2D eigenvalue weighted by atomic mass is 28.3. The van der Waals surface area contributed by atoms with E-state index >= 15 is 0 Å². The molecule has 10 nitrogen and oxygen atoms in total. The molecule has 0 aromatic heterocycles. The van der Waals surface area contributed by atoms with Crippen molar-refractivity contribution in [1.82, 2.24) is 4.90 Å². The molecule has 4 aromatic rings. The Morgan fingerprint density at radius 2 is 1.68 bits per heavy atom. The smallest absolute Gasteiger partial charge is 0.266 e. The molecule has 0 aliphatic carbocycles. The van der Waals surface area contributed by atoms with Gasteiger partial charge in [0.15, 0.2) is 11.4 Å². The Kier molecular flexibility index (Phi) is 8.71. The molecule has 274 valence electrons. The van der Waals surface area contributed by atoms with Gasteiger partial charge in [-0.2, -0.15) is 0 Å². The Hall–Kier alpha value is -4.97. The molecule has 4 heterocycles. The number of amides is 3. The van der Waals surface area contributed by atoms with Crippen molar-refractivity contribution in [3.05, 3.63) is 102 Å². The van der Waals surface area contributed by atoms with Gasteiger partial charge in [0.05, 0.1) is 57.3 Å². The molecule has 53 heavy (non-hydrogen) atoms. The average Bonchev–Trinajstić information content (AvgIpc) is 3.80. The number of hydrogen-bond acceptors (Lipinski definition) is 7. The number of carbonyl (C=O) groups excluding carboxylic acids is 3. The van der Waals surface area contributed by atoms with Crippen LogP contribution in [0.4, 0.5) is 17.1 Å². The van der Waals surface area contributed by atoms with Crippen molar-refractivity contribution in [2.75, 3.05) is 37.1 Å². The van der Waals surface area contributed by atoms with Gasteiger partial charge in [0.1, 0.15) is 11.5 Å². The highest BCUT2D eigenvalue weighted by Gasteiger charge is 2.66. The lowest BCUT2D eigenvalue weighted by Crippen LogP contribution is -2.52. The molecule has 5 atom stereocenters. The van der Waals surface area contributed by atoms with E-state index in [0.717, 1.165) is 18.6 Å². The highest BCUT2D eigenvalue weighted by molar-refractivity contribution is 6.91. The quantitative estimate of drug-likeness (QED) is 0.221. The molecule has 0 unspecified atom stereocenters. The number of para-hydroxylation sites is 3. The lowest BCUT2D eigenvalue weighted by atomic mass is 9.82. The maximum atomic E-state index is 14.8. The van der Waals surface area contributed by atoms with E-state index < -0.39 is 19.8 Å². The number of aliphatic hydroxyl groups excluding tert-OH is 1. The zero-order valence-electron chi connectivity index (χ0n) is 30.7. The van der Waals surface area contributed by atoms with Crippen molar-refractivity contribution < 1.29 is 33.7 Å². The number of hydrogen-bond donors (Lipinski definition) is 1. The summed E-state index contributed by atoms with van der Waals surface area (Å²) in [5, 5.41) is 11.2. The van der Waals surface area contributed by atoms with E-state index in [9.17, 15) is 19.5 Å². The molecule has 1 N–H and O–H groups in total. The summed E-state index contributed by atoms with van der Waals surface area (Å²) in [6.45, 7) is 7.16. The predicted octanol–water partition coefficient (Wildman–Crippen LogP) is 6.35. The van der Waals surface area contributed by atoms with Gasteiger partial charge in [0, 0.05) is 30.8 Å². The second kappa shape index (κ2) is 13.2. The normalized spacial score (nSPS) is 24.9. The van der Waals surface area contributed by atoms with E-state index in [1.165, 1.54) is 5.19 Å². The molecule has 4 aromatic carbocycles. The summed E-state index contributed by atoms with van der Waals surface area (Å²) in [5.41, 5.74) is 1.40. The summed E-state index contributed by atoms with van der Waals surface area (Å²) in [7, 11) is 0.896. The van der Waals surface area contributed by atoms with Gasteiger partial charge in [-0.05, 0) is 73.0 Å². The van der Waals surface area contributed by atoms with E-state index in [4.69, 9.17) is 14.2 Å². The van der Waals surface area contributed by atoms with Gasteiger partial charge in [0.2, 0.25) is 5.91 Å². The zero-order valence-corrected chi connectivity index (χ0v) is 31.7. The number of fused-ring (bicyclic) bond motifs is 4. The molecule has 4 aliphatic rings. The van der Waals surface area contributed by atoms with E-state index in [1.54, 1.807) is 41.0 Å². The number of ether oxygens (including phenoxy) is 3. The third kappa shape index (κ3) is 5.39. The van der Waals surface area contributed by atoms with Gasteiger partial charge >= 0.3 is 0 Å². The Bertz CT molecular complexity index is 2100. The van der Waals surface area contributed by atoms with Crippen molar-refractivity contribution in [2.24, 2.45) is 5.92 Å². The lowest BCUT2D eigenvalue weighted by Gasteiger charge is -2.37. The lowest BCUT2D eigenvalue weighted by molar-refractivity contribution is -0.149. The first-order valence-electron chi connectivity index (χ1n) is 18.4. The molecule has 11 heteroatoms. The molecule has 3 amide bonds. The van der Waals surface area contributed by atoms with Crippen molar-refractivity contribution in [1.29, 1.82) is 0 Å². The maximum Gasteiger partial charge on any atom is 0.266 e.